The fourth-order valence-electron chi connectivity index (χ4n) is 0.769. The van der Waals surface area contributed by atoms with E-state index in [4.69, 9.17) is 25.5 Å². The first-order chi connectivity index (χ1) is 6.04. The van der Waals surface area contributed by atoms with Crippen LogP contribution < -0.4 is 5.48 Å². The van der Waals surface area contributed by atoms with Crippen LogP contribution in [0.5, 0.6) is 0 Å². The Morgan fingerprint density at radius 3 is 1.85 bits per heavy atom. The molecular weight excluding hydrogens is 182 g/mol. The fraction of sp³-hybridized carbons (Fsp3) is 1.00. The number of hydrogen-bond donors (Lipinski definition) is 6. The van der Waals surface area contributed by atoms with Gasteiger partial charge in [-0.3, -0.25) is 0 Å². The van der Waals surface area contributed by atoms with Gasteiger partial charge in [0.1, 0.15) is 18.3 Å². The van der Waals surface area contributed by atoms with Crippen LogP contribution in [0.25, 0.3) is 0 Å². The van der Waals surface area contributed by atoms with E-state index >= 15 is 0 Å². The van der Waals surface area contributed by atoms with Gasteiger partial charge >= 0.3 is 0 Å². The van der Waals surface area contributed by atoms with Gasteiger partial charge in [0.25, 0.3) is 0 Å². The summed E-state index contributed by atoms with van der Waals surface area (Å²) in [5.41, 5.74) is 1.34. The molecule has 0 spiro atoms. The summed E-state index contributed by atoms with van der Waals surface area (Å²) in [5, 5.41) is 54.1. The second-order valence-corrected chi connectivity index (χ2v) is 2.65. The summed E-state index contributed by atoms with van der Waals surface area (Å²) in [6, 6.07) is 0. The highest BCUT2D eigenvalue weighted by Gasteiger charge is 2.28. The van der Waals surface area contributed by atoms with Gasteiger partial charge in [-0.2, -0.15) is 0 Å². The molecule has 0 rings (SSSR count). The predicted octanol–water partition coefficient (Wildman–Crippen LogP) is -3.49. The molecule has 0 aliphatic heterocycles. The Balaban J connectivity index is 3.99. The normalized spacial score (nSPS) is 20.8. The lowest BCUT2D eigenvalue weighted by atomic mass is 10.0. The second-order valence-electron chi connectivity index (χ2n) is 2.65. The molecule has 0 amide bonds. The molecule has 0 aromatic heterocycles. The Morgan fingerprint density at radius 2 is 1.46 bits per heavy atom. The predicted molar refractivity (Wildman–Crippen MR) is 42.5 cm³/mol. The van der Waals surface area contributed by atoms with Crippen LogP contribution in [0.2, 0.25) is 0 Å². The largest absolute Gasteiger partial charge is 0.788 e. The Kier molecular flexibility index (Phi) is 6.08. The maximum atomic E-state index is 9.79. The molecule has 0 radical (unpaired) electrons. The van der Waals surface area contributed by atoms with Crippen LogP contribution in [0.1, 0.15) is 0 Å². The topological polar surface area (TPSA) is 136 Å². The molecule has 0 unspecified atom stereocenters. The number of rotatable bonds is 6. The Bertz CT molecular complexity index is 134. The lowest BCUT2D eigenvalue weighted by molar-refractivity contribution is -0.113. The lowest BCUT2D eigenvalue weighted by Gasteiger charge is -2.26. The molecule has 0 bridgehead atoms. The van der Waals surface area contributed by atoms with Gasteiger partial charge in [-0.25, -0.2) is 0 Å². The van der Waals surface area contributed by atoms with E-state index in [0.29, 0.717) is 0 Å². The smallest absolute Gasteiger partial charge is 0.111 e. The summed E-state index contributed by atoms with van der Waals surface area (Å²) in [7, 11) is 0. The molecule has 0 aromatic carbocycles. The second kappa shape index (κ2) is 6.22. The lowest BCUT2D eigenvalue weighted by Crippen LogP contribution is -2.48. The molecule has 0 saturated carbocycles. The summed E-state index contributed by atoms with van der Waals surface area (Å²) >= 11 is 0. The van der Waals surface area contributed by atoms with E-state index in [2.05, 4.69) is 0 Å². The monoisotopic (exact) mass is 196 g/mol. The number of aliphatic hydroxyl groups is 5. The van der Waals surface area contributed by atoms with Crippen molar-refractivity contribution in [2.75, 3.05) is 13.2 Å². The van der Waals surface area contributed by atoms with Gasteiger partial charge < -0.3 is 36.2 Å². The van der Waals surface area contributed by atoms with Gasteiger partial charge in [0.05, 0.1) is 12.7 Å². The van der Waals surface area contributed by atoms with Crippen molar-refractivity contribution in [1.82, 2.24) is 5.48 Å². The van der Waals surface area contributed by atoms with Gasteiger partial charge in [0, 0.05) is 6.54 Å². The first kappa shape index (κ1) is 12.7. The Labute approximate surface area is 74.8 Å². The minimum atomic E-state index is -1.69. The van der Waals surface area contributed by atoms with Gasteiger partial charge in [-0.05, 0) is 0 Å². The highest BCUT2D eigenvalue weighted by atomic mass is 16.5. The van der Waals surface area contributed by atoms with Gasteiger partial charge in [0.15, 0.2) is 0 Å². The van der Waals surface area contributed by atoms with Crippen molar-refractivity contribution < 1.29 is 25.5 Å². The average molecular weight is 196 g/mol. The van der Waals surface area contributed by atoms with E-state index < -0.39 is 37.6 Å². The fourth-order valence-corrected chi connectivity index (χ4v) is 0.769. The summed E-state index contributed by atoms with van der Waals surface area (Å²) < 4.78 is 0. The summed E-state index contributed by atoms with van der Waals surface area (Å²) in [4.78, 5) is 0. The minimum absolute atomic E-state index is 0.462. The molecule has 0 aliphatic rings. The highest BCUT2D eigenvalue weighted by molar-refractivity contribution is 4.81. The van der Waals surface area contributed by atoms with Crippen molar-refractivity contribution in [2.24, 2.45) is 0 Å². The number of hydrogen-bond acceptors (Lipinski definition) is 7. The number of aliphatic hydroxyl groups excluding tert-OH is 5. The third-order valence-corrected chi connectivity index (χ3v) is 1.62. The zero-order valence-corrected chi connectivity index (χ0v) is 6.87. The summed E-state index contributed by atoms with van der Waals surface area (Å²) in [6.07, 6.45) is -6.40. The van der Waals surface area contributed by atoms with Crippen LogP contribution in [-0.4, -0.2) is 63.1 Å². The third-order valence-electron chi connectivity index (χ3n) is 1.62. The van der Waals surface area contributed by atoms with Crippen LogP contribution in [0.4, 0.5) is 0 Å². The minimum Gasteiger partial charge on any atom is -0.788 e. The molecule has 0 aliphatic carbocycles. The standard InChI is InChI=1S/C6H14NO6/c8-2-4(10)6(12)5(11)3(9)1-7-13/h3-12H,1-2H2/q-1/t3-,4+,5+,6+/m0/s1. The van der Waals surface area contributed by atoms with Crippen molar-refractivity contribution >= 4 is 0 Å². The van der Waals surface area contributed by atoms with Gasteiger partial charge in [0.2, 0.25) is 0 Å². The van der Waals surface area contributed by atoms with E-state index in [-0.39, 0.29) is 0 Å². The Morgan fingerprint density at radius 1 is 1.00 bits per heavy atom. The van der Waals surface area contributed by atoms with E-state index in [1.54, 1.807) is 0 Å². The molecule has 0 aromatic rings. The van der Waals surface area contributed by atoms with Crippen molar-refractivity contribution in [1.29, 1.82) is 0 Å². The third kappa shape index (κ3) is 3.96. The van der Waals surface area contributed by atoms with E-state index in [0.717, 1.165) is 0 Å². The van der Waals surface area contributed by atoms with E-state index in [1.165, 1.54) is 5.48 Å². The van der Waals surface area contributed by atoms with Crippen LogP contribution in [-0.2, 0) is 0 Å². The van der Waals surface area contributed by atoms with Crippen molar-refractivity contribution in [3.63, 3.8) is 0 Å². The van der Waals surface area contributed by atoms with E-state index in [1.807, 2.05) is 0 Å². The average Bonchev–Trinajstić information content (AvgIpc) is 2.14. The van der Waals surface area contributed by atoms with Crippen molar-refractivity contribution in [3.8, 4) is 0 Å². The van der Waals surface area contributed by atoms with Crippen LogP contribution in [0.3, 0.4) is 0 Å². The maximum Gasteiger partial charge on any atom is 0.111 e. The molecule has 0 fully saturated rings. The molecule has 7 heteroatoms. The van der Waals surface area contributed by atoms with Crippen molar-refractivity contribution in [3.05, 3.63) is 5.21 Å². The van der Waals surface area contributed by atoms with Gasteiger partial charge in [-0.15, -0.1) is 0 Å². The molecule has 0 saturated heterocycles. The molecular formula is C6H14NO6-. The molecule has 0 heterocycles. The Hall–Kier alpha value is -0.280. The number of nitrogens with one attached hydrogen (secondary N) is 1. The molecule has 80 valence electrons. The first-order valence-corrected chi connectivity index (χ1v) is 3.72. The molecule has 7 nitrogen and oxygen atoms in total. The van der Waals surface area contributed by atoms with E-state index in [9.17, 15) is 5.21 Å². The summed E-state index contributed by atoms with van der Waals surface area (Å²) in [6.45, 7) is -1.20. The molecule has 13 heavy (non-hydrogen) atoms. The first-order valence-electron chi connectivity index (χ1n) is 3.72. The summed E-state index contributed by atoms with van der Waals surface area (Å²) in [5.74, 6) is 0. The van der Waals surface area contributed by atoms with Crippen molar-refractivity contribution in [2.45, 2.75) is 24.4 Å². The molecule has 4 atom stereocenters. The van der Waals surface area contributed by atoms with Crippen LogP contribution >= 0.6 is 0 Å². The highest BCUT2D eigenvalue weighted by Crippen LogP contribution is 2.04. The van der Waals surface area contributed by atoms with Crippen LogP contribution in [0.15, 0.2) is 0 Å². The molecule has 6 N–H and O–H groups in total. The zero-order valence-electron chi connectivity index (χ0n) is 6.87. The number of hydroxylamine groups is 1. The van der Waals surface area contributed by atoms with Crippen LogP contribution in [0, 0.1) is 5.21 Å². The van der Waals surface area contributed by atoms with Gasteiger partial charge in [-0.1, -0.05) is 0 Å². The zero-order chi connectivity index (χ0) is 10.4. The maximum absolute atomic E-state index is 9.79. The quantitative estimate of drug-likeness (QED) is 0.243. The SMILES string of the molecule is [O-]NC[C@H](O)[C@@H](O)[C@H](O)[C@H](O)CO.